The second kappa shape index (κ2) is 15.9. The van der Waals surface area contributed by atoms with Gasteiger partial charge in [0.05, 0.1) is 5.69 Å². The molecule has 52 heavy (non-hydrogen) atoms. The van der Waals surface area contributed by atoms with Crippen LogP contribution in [0.4, 0.5) is 17.1 Å². The maximum Gasteiger partial charge on any atom is 0.295 e. The second-order valence-corrected chi connectivity index (χ2v) is 14.4. The van der Waals surface area contributed by atoms with Gasteiger partial charge in [-0.2, -0.15) is 21.8 Å². The number of hydrogen-bond donors (Lipinski definition) is 7. The molecule has 15 nitrogen and oxygen atoms in total. The molecule has 0 aliphatic carbocycles. The number of nitrogens with one attached hydrogen (secondary N) is 2. The normalized spacial score (nSPS) is 15.0. The van der Waals surface area contributed by atoms with Gasteiger partial charge in [-0.3, -0.25) is 19.4 Å². The van der Waals surface area contributed by atoms with Gasteiger partial charge in [0, 0.05) is 28.2 Å². The van der Waals surface area contributed by atoms with Crippen LogP contribution in [0, 0.1) is 0 Å². The van der Waals surface area contributed by atoms with Crippen LogP contribution in [0.15, 0.2) is 117 Å². The van der Waals surface area contributed by atoms with Crippen molar-refractivity contribution < 1.29 is 36.2 Å². The van der Waals surface area contributed by atoms with Gasteiger partial charge in [0.25, 0.3) is 20.2 Å². The van der Waals surface area contributed by atoms with E-state index in [1.165, 1.54) is 40.2 Å². The van der Waals surface area contributed by atoms with Crippen molar-refractivity contribution in [3.8, 4) is 0 Å². The number of hydrazine groups is 1. The molecule has 1 aliphatic heterocycles. The highest BCUT2D eigenvalue weighted by Gasteiger charge is 2.30. The van der Waals surface area contributed by atoms with Crippen molar-refractivity contribution in [1.82, 2.24) is 9.91 Å². The van der Waals surface area contributed by atoms with E-state index in [1.807, 2.05) is 42.5 Å². The van der Waals surface area contributed by atoms with Gasteiger partial charge >= 0.3 is 0 Å². The predicted molar refractivity (Wildman–Crippen MR) is 199 cm³/mol. The summed E-state index contributed by atoms with van der Waals surface area (Å²) in [5, 5.41) is 26.4. The minimum atomic E-state index is -4.92. The molecule has 0 spiro atoms. The van der Waals surface area contributed by atoms with Crippen molar-refractivity contribution in [3.05, 3.63) is 114 Å². The third kappa shape index (κ3) is 8.94. The number of aliphatic hydroxyl groups is 2. The summed E-state index contributed by atoms with van der Waals surface area (Å²) in [5.41, 5.74) is 11.6. The second-order valence-electron chi connectivity index (χ2n) is 11.6. The van der Waals surface area contributed by atoms with Crippen molar-refractivity contribution in [3.63, 3.8) is 0 Å². The van der Waals surface area contributed by atoms with Gasteiger partial charge in [0.1, 0.15) is 28.9 Å². The molecule has 274 valence electrons. The Balaban J connectivity index is 1.57. The molecule has 0 aromatic heterocycles. The van der Waals surface area contributed by atoms with E-state index in [0.29, 0.717) is 5.69 Å². The third-order valence-electron chi connectivity index (χ3n) is 7.97. The van der Waals surface area contributed by atoms with Crippen LogP contribution < -0.4 is 16.5 Å². The molecule has 0 amide bonds. The highest BCUT2D eigenvalue weighted by atomic mass is 32.2. The SMILES string of the molecule is CCC(O)N(C1=NCN(Nc2ccc(Nc3ccccc3)cc2)C(c2ccc(C=C(N)c3ccccc3S(=O)(=O)O)c(S(=O)(=O)O)c2)=N1)C(O)CC. The first kappa shape index (κ1) is 37.9. The summed E-state index contributed by atoms with van der Waals surface area (Å²) in [5.74, 6) is 0.112. The molecule has 0 radical (unpaired) electrons. The Hall–Kier alpha value is -5.30. The van der Waals surface area contributed by atoms with Crippen LogP contribution in [0.3, 0.4) is 0 Å². The molecular weight excluding hydrogens is 711 g/mol. The number of guanidine groups is 1. The lowest BCUT2D eigenvalue weighted by Gasteiger charge is -2.36. The molecule has 17 heteroatoms. The maximum absolute atomic E-state index is 12.8. The highest BCUT2D eigenvalue weighted by Crippen LogP contribution is 2.28. The smallest absolute Gasteiger partial charge is 0.295 e. The summed E-state index contributed by atoms with van der Waals surface area (Å²) in [6.45, 7) is 3.36. The number of rotatable bonds is 13. The quantitative estimate of drug-likeness (QED) is 0.0566. The minimum Gasteiger partial charge on any atom is -0.398 e. The van der Waals surface area contributed by atoms with Crippen LogP contribution in [-0.2, 0) is 20.2 Å². The zero-order valence-electron chi connectivity index (χ0n) is 28.2. The molecule has 0 bridgehead atoms. The van der Waals surface area contributed by atoms with E-state index < -0.39 is 42.5 Å². The van der Waals surface area contributed by atoms with Gasteiger partial charge in [-0.15, -0.1) is 0 Å². The van der Waals surface area contributed by atoms with Gasteiger partial charge < -0.3 is 21.3 Å². The fourth-order valence-corrected chi connectivity index (χ4v) is 6.78. The molecule has 4 aromatic rings. The molecule has 1 heterocycles. The molecule has 5 rings (SSSR count). The van der Waals surface area contributed by atoms with Gasteiger partial charge in [-0.25, -0.2) is 10.0 Å². The van der Waals surface area contributed by atoms with Crippen LogP contribution in [0.5, 0.6) is 0 Å². The summed E-state index contributed by atoms with van der Waals surface area (Å²) in [6, 6.07) is 26.3. The van der Waals surface area contributed by atoms with E-state index in [9.17, 15) is 36.2 Å². The molecule has 0 saturated carbocycles. The summed E-state index contributed by atoms with van der Waals surface area (Å²) in [7, 11) is -9.60. The zero-order valence-corrected chi connectivity index (χ0v) is 29.8. The lowest BCUT2D eigenvalue weighted by Crippen LogP contribution is -2.50. The Morgan fingerprint density at radius 3 is 2.02 bits per heavy atom. The maximum atomic E-state index is 12.8. The Bertz CT molecular complexity index is 2200. The van der Waals surface area contributed by atoms with Gasteiger partial charge in [0.2, 0.25) is 5.96 Å². The Kier molecular flexibility index (Phi) is 11.6. The number of benzene rings is 4. The van der Waals surface area contributed by atoms with Crippen molar-refractivity contribution in [2.45, 2.75) is 48.9 Å². The fourth-order valence-electron chi connectivity index (χ4n) is 5.36. The number of amidine groups is 1. The molecule has 2 unspecified atom stereocenters. The zero-order chi connectivity index (χ0) is 37.6. The van der Waals surface area contributed by atoms with Crippen LogP contribution in [0.1, 0.15) is 43.4 Å². The molecule has 4 aromatic carbocycles. The Labute approximate surface area is 301 Å². The van der Waals surface area contributed by atoms with E-state index in [-0.39, 0.29) is 53.7 Å². The summed E-state index contributed by atoms with van der Waals surface area (Å²) in [6.07, 6.45) is -0.649. The van der Waals surface area contributed by atoms with Crippen LogP contribution in [-0.4, -0.2) is 77.0 Å². The van der Waals surface area contributed by atoms with Crippen molar-refractivity contribution >= 4 is 60.9 Å². The predicted octanol–water partition coefficient (Wildman–Crippen LogP) is 4.54. The monoisotopic (exact) mass is 749 g/mol. The first-order chi connectivity index (χ1) is 24.7. The number of anilines is 3. The number of aliphatic imine (C=N–C) groups is 2. The first-order valence-corrected chi connectivity index (χ1v) is 19.0. The van der Waals surface area contributed by atoms with E-state index >= 15 is 0 Å². The average molecular weight is 750 g/mol. The Morgan fingerprint density at radius 2 is 1.40 bits per heavy atom. The summed E-state index contributed by atoms with van der Waals surface area (Å²) >= 11 is 0. The van der Waals surface area contributed by atoms with E-state index in [4.69, 9.17) is 5.73 Å². The molecule has 2 atom stereocenters. The standard InChI is InChI=1S/C35H39N7O8S2/c1-3-32(43)42(33(44)4-2)35-37-22-41(40-27-18-16-26(17-19-27)38-25-10-6-5-7-11-25)34(39-35)24-15-14-23(31(21-24)52(48,49)50)20-29(36)28-12-8-9-13-30(28)51(45,46)47/h5-21,32-33,38,40,43-44H,3-4,22,36H2,1-2H3,(H,45,46,47)(H,48,49,50). The van der Waals surface area contributed by atoms with Crippen molar-refractivity contribution in [2.75, 3.05) is 17.4 Å². The average Bonchev–Trinajstić information content (AvgIpc) is 3.12. The minimum absolute atomic E-state index is 0.0115. The van der Waals surface area contributed by atoms with Gasteiger partial charge in [-0.1, -0.05) is 62.4 Å². The molecule has 0 fully saturated rings. The van der Waals surface area contributed by atoms with Crippen LogP contribution in [0.25, 0.3) is 11.8 Å². The molecular formula is C35H39N7O8S2. The number of hydrogen-bond acceptors (Lipinski definition) is 13. The largest absolute Gasteiger partial charge is 0.398 e. The molecule has 8 N–H and O–H groups in total. The van der Waals surface area contributed by atoms with Gasteiger partial charge in [0.15, 0.2) is 5.84 Å². The third-order valence-corrected chi connectivity index (χ3v) is 9.79. The highest BCUT2D eigenvalue weighted by molar-refractivity contribution is 7.86. The number of nitrogens with two attached hydrogens (primary N) is 1. The van der Waals surface area contributed by atoms with Gasteiger partial charge in [-0.05, 0) is 73.0 Å². The summed E-state index contributed by atoms with van der Waals surface area (Å²) < 4.78 is 69.5. The summed E-state index contributed by atoms with van der Waals surface area (Å²) in [4.78, 5) is 9.35. The number of para-hydroxylation sites is 1. The first-order valence-electron chi connectivity index (χ1n) is 16.1. The molecule has 1 aliphatic rings. The van der Waals surface area contributed by atoms with E-state index in [2.05, 4.69) is 20.7 Å². The topological polar surface area (TPSA) is 230 Å². The van der Waals surface area contributed by atoms with Crippen molar-refractivity contribution in [1.29, 1.82) is 0 Å². The van der Waals surface area contributed by atoms with E-state index in [1.54, 1.807) is 26.0 Å². The number of nitrogens with zero attached hydrogens (tertiary/aromatic N) is 4. The van der Waals surface area contributed by atoms with Crippen molar-refractivity contribution in [2.24, 2.45) is 15.7 Å². The van der Waals surface area contributed by atoms with Crippen LogP contribution >= 0.6 is 0 Å². The van der Waals surface area contributed by atoms with E-state index in [0.717, 1.165) is 29.6 Å². The lowest BCUT2D eigenvalue weighted by molar-refractivity contribution is -0.0580. The number of aliphatic hydroxyl groups excluding tert-OH is 2. The van der Waals surface area contributed by atoms with Crippen LogP contribution in [0.2, 0.25) is 0 Å². The lowest BCUT2D eigenvalue weighted by atomic mass is 10.1. The molecule has 0 saturated heterocycles. The fraction of sp³-hybridized carbons (Fsp3) is 0.200. The Morgan fingerprint density at radius 1 is 0.827 bits per heavy atom.